The lowest BCUT2D eigenvalue weighted by atomic mass is 10.0. The second-order valence-corrected chi connectivity index (χ2v) is 5.33. The van der Waals surface area contributed by atoms with Crippen LogP contribution in [0.4, 0.5) is 0 Å². The summed E-state index contributed by atoms with van der Waals surface area (Å²) < 4.78 is 0. The molecule has 22 heavy (non-hydrogen) atoms. The van der Waals surface area contributed by atoms with Crippen molar-refractivity contribution in [3.63, 3.8) is 0 Å². The number of para-hydroxylation sites is 1. The number of hydrogen-bond donors (Lipinski definition) is 2. The zero-order chi connectivity index (χ0) is 13.8. The molecule has 0 bridgehead atoms. The minimum absolute atomic E-state index is 0. The van der Waals surface area contributed by atoms with E-state index in [1.54, 1.807) is 6.20 Å². The number of nitrogens with one attached hydrogen (secondary N) is 2. The quantitative estimate of drug-likeness (QED) is 0.898. The van der Waals surface area contributed by atoms with E-state index in [2.05, 4.69) is 15.6 Å². The van der Waals surface area contributed by atoms with E-state index >= 15 is 0 Å². The van der Waals surface area contributed by atoms with Crippen LogP contribution >= 0.6 is 24.8 Å². The van der Waals surface area contributed by atoms with Gasteiger partial charge in [-0.3, -0.25) is 9.78 Å². The van der Waals surface area contributed by atoms with Gasteiger partial charge in [0.25, 0.3) is 0 Å². The highest BCUT2D eigenvalue weighted by atomic mass is 35.5. The molecule has 1 unspecified atom stereocenters. The minimum atomic E-state index is 0. The number of aromatic nitrogens is 1. The standard InChI is InChI=1S/C16H19N3O.2ClH/c20-16(9-12-5-7-17-10-12)19-11-13-6-8-18-15-4-2-1-3-14(13)15;;/h1-4,6,8,12,17H,5,7,9-11H2,(H,19,20);2*1H. The molecule has 1 aliphatic rings. The number of pyridine rings is 1. The van der Waals surface area contributed by atoms with Gasteiger partial charge in [0, 0.05) is 24.5 Å². The van der Waals surface area contributed by atoms with E-state index in [1.165, 1.54) is 0 Å². The van der Waals surface area contributed by atoms with Crippen molar-refractivity contribution in [2.24, 2.45) is 5.92 Å². The van der Waals surface area contributed by atoms with Gasteiger partial charge >= 0.3 is 0 Å². The van der Waals surface area contributed by atoms with Crippen LogP contribution in [-0.2, 0) is 11.3 Å². The molecule has 3 rings (SSSR count). The zero-order valence-corrected chi connectivity index (χ0v) is 13.9. The number of hydrogen-bond acceptors (Lipinski definition) is 3. The molecule has 0 radical (unpaired) electrons. The number of amides is 1. The van der Waals surface area contributed by atoms with Gasteiger partial charge in [-0.15, -0.1) is 24.8 Å². The van der Waals surface area contributed by atoms with E-state index in [9.17, 15) is 4.79 Å². The first-order chi connectivity index (χ1) is 9.83. The highest BCUT2D eigenvalue weighted by Gasteiger charge is 2.17. The molecule has 1 amide bonds. The van der Waals surface area contributed by atoms with Crippen LogP contribution in [-0.4, -0.2) is 24.0 Å². The fourth-order valence-corrected chi connectivity index (χ4v) is 2.73. The number of carbonyl (C=O) groups excluding carboxylic acids is 1. The van der Waals surface area contributed by atoms with Gasteiger partial charge in [-0.2, -0.15) is 0 Å². The molecule has 0 saturated carbocycles. The van der Waals surface area contributed by atoms with Gasteiger partial charge in [-0.25, -0.2) is 0 Å². The first kappa shape index (κ1) is 18.7. The fourth-order valence-electron chi connectivity index (χ4n) is 2.73. The lowest BCUT2D eigenvalue weighted by Crippen LogP contribution is -2.26. The summed E-state index contributed by atoms with van der Waals surface area (Å²) in [6, 6.07) is 9.99. The zero-order valence-electron chi connectivity index (χ0n) is 12.2. The number of rotatable bonds is 4. The van der Waals surface area contributed by atoms with Crippen LogP contribution in [0, 0.1) is 5.92 Å². The Hall–Kier alpha value is -1.36. The summed E-state index contributed by atoms with van der Waals surface area (Å²) in [5.41, 5.74) is 2.09. The van der Waals surface area contributed by atoms with E-state index in [0.29, 0.717) is 18.9 Å². The first-order valence-corrected chi connectivity index (χ1v) is 7.13. The second kappa shape index (κ2) is 8.93. The van der Waals surface area contributed by atoms with Gasteiger partial charge in [-0.1, -0.05) is 18.2 Å². The van der Waals surface area contributed by atoms with E-state index in [0.717, 1.165) is 36.0 Å². The summed E-state index contributed by atoms with van der Waals surface area (Å²) in [5.74, 6) is 0.628. The fraction of sp³-hybridized carbons (Fsp3) is 0.375. The van der Waals surface area contributed by atoms with Crippen molar-refractivity contribution in [1.29, 1.82) is 0 Å². The molecule has 2 heterocycles. The van der Waals surface area contributed by atoms with Crippen molar-refractivity contribution in [3.05, 3.63) is 42.1 Å². The normalized spacial score (nSPS) is 16.6. The highest BCUT2D eigenvalue weighted by molar-refractivity contribution is 5.85. The van der Waals surface area contributed by atoms with Crippen LogP contribution in [0.5, 0.6) is 0 Å². The Kier molecular flexibility index (Phi) is 7.59. The largest absolute Gasteiger partial charge is 0.352 e. The molecule has 1 saturated heterocycles. The molecule has 2 N–H and O–H groups in total. The molecule has 4 nitrogen and oxygen atoms in total. The first-order valence-electron chi connectivity index (χ1n) is 7.13. The smallest absolute Gasteiger partial charge is 0.220 e. The van der Waals surface area contributed by atoms with Crippen molar-refractivity contribution in [3.8, 4) is 0 Å². The molecule has 6 heteroatoms. The van der Waals surface area contributed by atoms with Crippen LogP contribution in [0.2, 0.25) is 0 Å². The maximum atomic E-state index is 12.0. The Balaban J connectivity index is 0.00000121. The third-order valence-electron chi connectivity index (χ3n) is 3.85. The van der Waals surface area contributed by atoms with Gasteiger partial charge in [0.15, 0.2) is 0 Å². The molecule has 120 valence electrons. The average molecular weight is 342 g/mol. The highest BCUT2D eigenvalue weighted by Crippen LogP contribution is 2.16. The van der Waals surface area contributed by atoms with Crippen LogP contribution in [0.25, 0.3) is 10.9 Å². The van der Waals surface area contributed by atoms with Gasteiger partial charge in [0.1, 0.15) is 0 Å². The molecule has 0 spiro atoms. The third kappa shape index (κ3) is 4.57. The van der Waals surface area contributed by atoms with Crippen LogP contribution in [0.3, 0.4) is 0 Å². The molecular weight excluding hydrogens is 321 g/mol. The van der Waals surface area contributed by atoms with E-state index in [1.807, 2.05) is 30.3 Å². The lowest BCUT2D eigenvalue weighted by molar-refractivity contribution is -0.122. The summed E-state index contributed by atoms with van der Waals surface area (Å²) in [4.78, 5) is 16.3. The van der Waals surface area contributed by atoms with Crippen molar-refractivity contribution < 1.29 is 4.79 Å². The summed E-state index contributed by atoms with van der Waals surface area (Å²) >= 11 is 0. The Morgan fingerprint density at radius 2 is 2.09 bits per heavy atom. The topological polar surface area (TPSA) is 54.0 Å². The molecule has 1 aromatic heterocycles. The molecule has 1 fully saturated rings. The maximum Gasteiger partial charge on any atom is 0.220 e. The summed E-state index contributed by atoms with van der Waals surface area (Å²) in [7, 11) is 0. The van der Waals surface area contributed by atoms with Crippen molar-refractivity contribution in [2.45, 2.75) is 19.4 Å². The summed E-state index contributed by atoms with van der Waals surface area (Å²) in [5, 5.41) is 7.42. The number of fused-ring (bicyclic) bond motifs is 1. The predicted octanol–water partition coefficient (Wildman–Crippen LogP) is 2.69. The predicted molar refractivity (Wildman–Crippen MR) is 93.7 cm³/mol. The van der Waals surface area contributed by atoms with Crippen LogP contribution in [0.1, 0.15) is 18.4 Å². The molecule has 0 aliphatic carbocycles. The van der Waals surface area contributed by atoms with Gasteiger partial charge in [0.05, 0.1) is 5.52 Å². The second-order valence-electron chi connectivity index (χ2n) is 5.33. The van der Waals surface area contributed by atoms with Crippen LogP contribution in [0.15, 0.2) is 36.5 Å². The van der Waals surface area contributed by atoms with Crippen molar-refractivity contribution >= 4 is 41.6 Å². The number of halogens is 2. The van der Waals surface area contributed by atoms with Crippen molar-refractivity contribution in [1.82, 2.24) is 15.6 Å². The van der Waals surface area contributed by atoms with Gasteiger partial charge in [-0.05, 0) is 43.1 Å². The molecule has 1 aromatic carbocycles. The third-order valence-corrected chi connectivity index (χ3v) is 3.85. The van der Waals surface area contributed by atoms with E-state index in [4.69, 9.17) is 0 Å². The Morgan fingerprint density at radius 3 is 2.86 bits per heavy atom. The number of benzene rings is 1. The van der Waals surface area contributed by atoms with Gasteiger partial charge in [0.2, 0.25) is 5.91 Å². The molecule has 1 aliphatic heterocycles. The minimum Gasteiger partial charge on any atom is -0.352 e. The Morgan fingerprint density at radius 1 is 1.27 bits per heavy atom. The van der Waals surface area contributed by atoms with Gasteiger partial charge < -0.3 is 10.6 Å². The summed E-state index contributed by atoms with van der Waals surface area (Å²) in [6.07, 6.45) is 3.52. The lowest BCUT2D eigenvalue weighted by Gasteiger charge is -2.10. The average Bonchev–Trinajstić information content (AvgIpc) is 2.98. The molecule has 2 aromatic rings. The molecule has 1 atom stereocenters. The van der Waals surface area contributed by atoms with E-state index in [-0.39, 0.29) is 30.7 Å². The Labute approximate surface area is 142 Å². The van der Waals surface area contributed by atoms with Crippen LogP contribution < -0.4 is 10.6 Å². The maximum absolute atomic E-state index is 12.0. The SMILES string of the molecule is Cl.Cl.O=C(CC1CCNC1)NCc1ccnc2ccccc12. The van der Waals surface area contributed by atoms with E-state index < -0.39 is 0 Å². The van der Waals surface area contributed by atoms with Crippen molar-refractivity contribution in [2.75, 3.05) is 13.1 Å². The molecular formula is C16H21Cl2N3O. The Bertz CT molecular complexity index is 610. The number of carbonyl (C=O) groups is 1. The monoisotopic (exact) mass is 341 g/mol. The summed E-state index contributed by atoms with van der Waals surface area (Å²) in [6.45, 7) is 2.57. The number of nitrogens with zero attached hydrogens (tertiary/aromatic N) is 1.